The first kappa shape index (κ1) is 12.7. The molecule has 2 saturated carbocycles. The summed E-state index contributed by atoms with van der Waals surface area (Å²) < 4.78 is 2.25. The molecule has 0 amide bonds. The highest BCUT2D eigenvalue weighted by Gasteiger charge is 2.32. The van der Waals surface area contributed by atoms with Gasteiger partial charge in [0.05, 0.1) is 17.9 Å². The van der Waals surface area contributed by atoms with Crippen LogP contribution in [0.4, 0.5) is 0 Å². The van der Waals surface area contributed by atoms with E-state index in [1.165, 1.54) is 18.5 Å². The fraction of sp³-hybridized carbons (Fsp3) is 0.714. The van der Waals surface area contributed by atoms with Gasteiger partial charge in [0, 0.05) is 18.8 Å². The first-order valence-electron chi connectivity index (χ1n) is 7.20. The van der Waals surface area contributed by atoms with Gasteiger partial charge in [-0.05, 0) is 38.1 Å². The van der Waals surface area contributed by atoms with E-state index < -0.39 is 5.97 Å². The molecule has 2 aliphatic rings. The Hall–Kier alpha value is -1.36. The van der Waals surface area contributed by atoms with Gasteiger partial charge in [0.2, 0.25) is 0 Å². The van der Waals surface area contributed by atoms with E-state index in [0.29, 0.717) is 6.04 Å². The SMILES string of the molecule is O=C(O)C1CCCC1CNCc1cncn1C1CC1. The van der Waals surface area contributed by atoms with Crippen molar-refractivity contribution in [3.8, 4) is 0 Å². The zero-order chi connectivity index (χ0) is 13.2. The summed E-state index contributed by atoms with van der Waals surface area (Å²) in [6, 6.07) is 0.651. The first-order valence-corrected chi connectivity index (χ1v) is 7.20. The minimum atomic E-state index is -0.632. The summed E-state index contributed by atoms with van der Waals surface area (Å²) in [6.07, 6.45) is 9.25. The van der Waals surface area contributed by atoms with Crippen LogP contribution in [-0.4, -0.2) is 27.2 Å². The van der Waals surface area contributed by atoms with E-state index in [9.17, 15) is 4.79 Å². The van der Waals surface area contributed by atoms with E-state index >= 15 is 0 Å². The molecule has 2 aliphatic carbocycles. The molecule has 104 valence electrons. The van der Waals surface area contributed by atoms with Crippen LogP contribution in [0.3, 0.4) is 0 Å². The molecule has 5 heteroatoms. The Kier molecular flexibility index (Phi) is 3.55. The summed E-state index contributed by atoms with van der Waals surface area (Å²) in [5.41, 5.74) is 1.22. The van der Waals surface area contributed by atoms with Crippen LogP contribution in [-0.2, 0) is 11.3 Å². The molecule has 0 saturated heterocycles. The lowest BCUT2D eigenvalue weighted by atomic mass is 9.96. The minimum Gasteiger partial charge on any atom is -0.481 e. The van der Waals surface area contributed by atoms with E-state index in [1.54, 1.807) is 0 Å². The highest BCUT2D eigenvalue weighted by Crippen LogP contribution is 2.35. The molecule has 1 aromatic heterocycles. The maximum atomic E-state index is 11.1. The predicted molar refractivity (Wildman–Crippen MR) is 70.7 cm³/mol. The van der Waals surface area contributed by atoms with Gasteiger partial charge in [-0.1, -0.05) is 6.42 Å². The summed E-state index contributed by atoms with van der Waals surface area (Å²) in [6.45, 7) is 1.59. The van der Waals surface area contributed by atoms with Crippen LogP contribution in [0.15, 0.2) is 12.5 Å². The van der Waals surface area contributed by atoms with Gasteiger partial charge in [-0.2, -0.15) is 0 Å². The van der Waals surface area contributed by atoms with Crippen molar-refractivity contribution in [3.63, 3.8) is 0 Å². The molecule has 1 aromatic rings. The molecule has 2 N–H and O–H groups in total. The largest absolute Gasteiger partial charge is 0.481 e. The van der Waals surface area contributed by atoms with E-state index in [0.717, 1.165) is 32.4 Å². The quantitative estimate of drug-likeness (QED) is 0.821. The number of aliphatic carboxylic acids is 1. The maximum Gasteiger partial charge on any atom is 0.306 e. The predicted octanol–water partition coefficient (Wildman–Crippen LogP) is 1.81. The van der Waals surface area contributed by atoms with Gasteiger partial charge < -0.3 is 15.0 Å². The molecule has 19 heavy (non-hydrogen) atoms. The van der Waals surface area contributed by atoms with Crippen LogP contribution in [0.2, 0.25) is 0 Å². The number of carbonyl (C=O) groups is 1. The van der Waals surface area contributed by atoms with Gasteiger partial charge in [0.15, 0.2) is 0 Å². The van der Waals surface area contributed by atoms with E-state index in [-0.39, 0.29) is 11.8 Å². The number of aromatic nitrogens is 2. The maximum absolute atomic E-state index is 11.1. The topological polar surface area (TPSA) is 67.2 Å². The summed E-state index contributed by atoms with van der Waals surface area (Å²) in [7, 11) is 0. The lowest BCUT2D eigenvalue weighted by Gasteiger charge is -2.16. The van der Waals surface area contributed by atoms with Crippen molar-refractivity contribution in [2.45, 2.75) is 44.7 Å². The third-order valence-electron chi connectivity index (χ3n) is 4.38. The lowest BCUT2D eigenvalue weighted by molar-refractivity contribution is -0.142. The number of imidazole rings is 1. The van der Waals surface area contributed by atoms with Crippen LogP contribution in [0.5, 0.6) is 0 Å². The van der Waals surface area contributed by atoms with Crippen LogP contribution in [0, 0.1) is 11.8 Å². The zero-order valence-electron chi connectivity index (χ0n) is 11.1. The van der Waals surface area contributed by atoms with Gasteiger partial charge in [0.25, 0.3) is 0 Å². The molecular weight excluding hydrogens is 242 g/mol. The molecule has 3 rings (SSSR count). The Morgan fingerprint density at radius 2 is 2.26 bits per heavy atom. The highest BCUT2D eigenvalue weighted by molar-refractivity contribution is 5.70. The number of rotatable bonds is 6. The molecule has 0 spiro atoms. The molecule has 0 bridgehead atoms. The average Bonchev–Trinajstić information content (AvgIpc) is 2.94. The van der Waals surface area contributed by atoms with Crippen LogP contribution in [0.1, 0.15) is 43.8 Å². The number of carboxylic acid groups (broad SMARTS) is 1. The summed E-state index contributed by atoms with van der Waals surface area (Å²) >= 11 is 0. The van der Waals surface area contributed by atoms with Crippen molar-refractivity contribution in [2.24, 2.45) is 11.8 Å². The highest BCUT2D eigenvalue weighted by atomic mass is 16.4. The van der Waals surface area contributed by atoms with Crippen molar-refractivity contribution in [1.82, 2.24) is 14.9 Å². The molecule has 5 nitrogen and oxygen atoms in total. The molecule has 0 aliphatic heterocycles. The Balaban J connectivity index is 1.50. The third-order valence-corrected chi connectivity index (χ3v) is 4.38. The smallest absolute Gasteiger partial charge is 0.306 e. The van der Waals surface area contributed by atoms with Crippen molar-refractivity contribution < 1.29 is 9.90 Å². The fourth-order valence-electron chi connectivity index (χ4n) is 3.14. The van der Waals surface area contributed by atoms with Gasteiger partial charge in [0.1, 0.15) is 0 Å². The van der Waals surface area contributed by atoms with Crippen LogP contribution < -0.4 is 5.32 Å². The summed E-state index contributed by atoms with van der Waals surface area (Å²) in [5, 5.41) is 12.6. The van der Waals surface area contributed by atoms with Crippen LogP contribution >= 0.6 is 0 Å². The number of hydrogen-bond acceptors (Lipinski definition) is 3. The second kappa shape index (κ2) is 5.33. The Morgan fingerprint density at radius 1 is 1.42 bits per heavy atom. The van der Waals surface area contributed by atoms with Crippen molar-refractivity contribution >= 4 is 5.97 Å². The Morgan fingerprint density at radius 3 is 3.00 bits per heavy atom. The van der Waals surface area contributed by atoms with Gasteiger partial charge in [-0.25, -0.2) is 4.98 Å². The third kappa shape index (κ3) is 2.81. The number of hydrogen-bond donors (Lipinski definition) is 2. The Labute approximate surface area is 113 Å². The second-order valence-electron chi connectivity index (χ2n) is 5.79. The summed E-state index contributed by atoms with van der Waals surface area (Å²) in [5.74, 6) is -0.497. The van der Waals surface area contributed by atoms with Gasteiger partial charge in [-0.3, -0.25) is 4.79 Å². The molecule has 2 unspecified atom stereocenters. The molecule has 1 heterocycles. The van der Waals surface area contributed by atoms with Gasteiger partial charge in [-0.15, -0.1) is 0 Å². The average molecular weight is 263 g/mol. The molecular formula is C14H21N3O2. The number of nitrogens with one attached hydrogen (secondary N) is 1. The number of nitrogens with zero attached hydrogens (tertiary/aromatic N) is 2. The fourth-order valence-corrected chi connectivity index (χ4v) is 3.14. The van der Waals surface area contributed by atoms with Crippen LogP contribution in [0.25, 0.3) is 0 Å². The van der Waals surface area contributed by atoms with Gasteiger partial charge >= 0.3 is 5.97 Å². The lowest BCUT2D eigenvalue weighted by Crippen LogP contribution is -2.29. The van der Waals surface area contributed by atoms with E-state index in [4.69, 9.17) is 5.11 Å². The minimum absolute atomic E-state index is 0.152. The monoisotopic (exact) mass is 263 g/mol. The van der Waals surface area contributed by atoms with Crippen molar-refractivity contribution in [3.05, 3.63) is 18.2 Å². The summed E-state index contributed by atoms with van der Waals surface area (Å²) in [4.78, 5) is 15.3. The molecule has 2 atom stereocenters. The Bertz CT molecular complexity index is 453. The standard InChI is InChI=1S/C14H21N3O2/c18-14(19)13-3-1-2-10(13)6-15-7-12-8-16-9-17(12)11-4-5-11/h8-11,13,15H,1-7H2,(H,18,19). The molecule has 0 aromatic carbocycles. The first-order chi connectivity index (χ1) is 9.25. The van der Waals surface area contributed by atoms with E-state index in [1.807, 2.05) is 12.5 Å². The molecule has 2 fully saturated rings. The molecule has 0 radical (unpaired) electrons. The zero-order valence-corrected chi connectivity index (χ0v) is 11.1. The van der Waals surface area contributed by atoms with Crippen molar-refractivity contribution in [1.29, 1.82) is 0 Å². The van der Waals surface area contributed by atoms with E-state index in [2.05, 4.69) is 14.9 Å². The normalized spacial score (nSPS) is 26.7. The second-order valence-corrected chi connectivity index (χ2v) is 5.79. The number of carboxylic acids is 1. The van der Waals surface area contributed by atoms with Crippen molar-refractivity contribution in [2.75, 3.05) is 6.54 Å².